The first-order valence-corrected chi connectivity index (χ1v) is 5.84. The van der Waals surface area contributed by atoms with Crippen molar-refractivity contribution in [2.75, 3.05) is 6.61 Å². The lowest BCUT2D eigenvalue weighted by Crippen LogP contribution is -2.08. The van der Waals surface area contributed by atoms with Gasteiger partial charge in [-0.15, -0.1) is 0 Å². The van der Waals surface area contributed by atoms with Gasteiger partial charge in [0.1, 0.15) is 6.29 Å². The number of aldehydes is 1. The minimum atomic E-state index is -0.344. The Hall–Kier alpha value is -0.870. The SMILES string of the molecule is CCOC(=O)Cc1c(Cl)cc(C=O)cc1Br. The van der Waals surface area contributed by atoms with Crippen molar-refractivity contribution in [1.29, 1.82) is 0 Å². The summed E-state index contributed by atoms with van der Waals surface area (Å²) < 4.78 is 5.46. The van der Waals surface area contributed by atoms with Gasteiger partial charge in [-0.05, 0) is 24.6 Å². The Labute approximate surface area is 107 Å². The van der Waals surface area contributed by atoms with Crippen LogP contribution in [0.3, 0.4) is 0 Å². The quantitative estimate of drug-likeness (QED) is 0.634. The highest BCUT2D eigenvalue weighted by Crippen LogP contribution is 2.27. The molecular formula is C11H10BrClO3. The summed E-state index contributed by atoms with van der Waals surface area (Å²) in [5.74, 6) is -0.344. The Balaban J connectivity index is 2.96. The minimum Gasteiger partial charge on any atom is -0.466 e. The van der Waals surface area contributed by atoms with Gasteiger partial charge in [0.05, 0.1) is 13.0 Å². The van der Waals surface area contributed by atoms with E-state index in [1.807, 2.05) is 0 Å². The second kappa shape index (κ2) is 6.01. The van der Waals surface area contributed by atoms with Gasteiger partial charge in [0.2, 0.25) is 0 Å². The van der Waals surface area contributed by atoms with E-state index in [9.17, 15) is 9.59 Å². The lowest BCUT2D eigenvalue weighted by atomic mass is 10.1. The average Bonchev–Trinajstić information content (AvgIpc) is 2.23. The predicted octanol–water partition coefficient (Wildman–Crippen LogP) is 3.02. The largest absolute Gasteiger partial charge is 0.466 e. The van der Waals surface area contributed by atoms with E-state index in [1.165, 1.54) is 6.07 Å². The summed E-state index contributed by atoms with van der Waals surface area (Å²) in [6, 6.07) is 3.14. The molecule has 0 aliphatic heterocycles. The minimum absolute atomic E-state index is 0.0897. The van der Waals surface area contributed by atoms with Gasteiger partial charge >= 0.3 is 5.97 Å². The van der Waals surface area contributed by atoms with E-state index in [-0.39, 0.29) is 12.4 Å². The molecule has 3 nitrogen and oxygen atoms in total. The van der Waals surface area contributed by atoms with Crippen molar-refractivity contribution in [2.45, 2.75) is 13.3 Å². The number of hydrogen-bond donors (Lipinski definition) is 0. The van der Waals surface area contributed by atoms with Gasteiger partial charge in [0.25, 0.3) is 0 Å². The van der Waals surface area contributed by atoms with E-state index in [0.717, 1.165) is 0 Å². The van der Waals surface area contributed by atoms with E-state index >= 15 is 0 Å². The number of carbonyl (C=O) groups excluding carboxylic acids is 2. The molecule has 0 radical (unpaired) electrons. The number of halogens is 2. The van der Waals surface area contributed by atoms with Crippen LogP contribution in [-0.2, 0) is 16.0 Å². The smallest absolute Gasteiger partial charge is 0.310 e. The summed E-state index contributed by atoms with van der Waals surface area (Å²) in [5, 5.41) is 0.379. The van der Waals surface area contributed by atoms with E-state index in [1.54, 1.807) is 13.0 Å². The average molecular weight is 306 g/mol. The van der Waals surface area contributed by atoms with Crippen molar-refractivity contribution in [2.24, 2.45) is 0 Å². The van der Waals surface area contributed by atoms with Crippen molar-refractivity contribution in [3.8, 4) is 0 Å². The molecule has 86 valence electrons. The molecule has 0 saturated heterocycles. The van der Waals surface area contributed by atoms with E-state index in [4.69, 9.17) is 16.3 Å². The monoisotopic (exact) mass is 304 g/mol. The summed E-state index contributed by atoms with van der Waals surface area (Å²) in [7, 11) is 0. The highest BCUT2D eigenvalue weighted by molar-refractivity contribution is 9.10. The molecule has 0 heterocycles. The lowest BCUT2D eigenvalue weighted by Gasteiger charge is -2.07. The molecule has 16 heavy (non-hydrogen) atoms. The van der Waals surface area contributed by atoms with Crippen LogP contribution in [0.15, 0.2) is 16.6 Å². The van der Waals surface area contributed by atoms with Crippen LogP contribution in [0.4, 0.5) is 0 Å². The molecule has 1 aromatic carbocycles. The maximum atomic E-state index is 11.3. The van der Waals surface area contributed by atoms with Gasteiger partial charge in [-0.25, -0.2) is 0 Å². The van der Waals surface area contributed by atoms with Crippen LogP contribution in [0.25, 0.3) is 0 Å². The van der Waals surface area contributed by atoms with Crippen molar-refractivity contribution in [1.82, 2.24) is 0 Å². The molecule has 0 spiro atoms. The van der Waals surface area contributed by atoms with Crippen LogP contribution in [0.5, 0.6) is 0 Å². The van der Waals surface area contributed by atoms with Crippen LogP contribution in [0.1, 0.15) is 22.8 Å². The second-order valence-electron chi connectivity index (χ2n) is 3.06. The molecule has 0 unspecified atom stereocenters. The molecule has 0 N–H and O–H groups in total. The highest BCUT2D eigenvalue weighted by Gasteiger charge is 2.12. The predicted molar refractivity (Wildman–Crippen MR) is 64.9 cm³/mol. The van der Waals surface area contributed by atoms with Gasteiger partial charge in [-0.3, -0.25) is 9.59 Å². The number of hydrogen-bond acceptors (Lipinski definition) is 3. The first-order valence-electron chi connectivity index (χ1n) is 4.67. The van der Waals surface area contributed by atoms with Gasteiger partial charge in [-0.2, -0.15) is 0 Å². The molecule has 0 saturated carbocycles. The summed E-state index contributed by atoms with van der Waals surface area (Å²) in [4.78, 5) is 21.9. The third-order valence-corrected chi connectivity index (χ3v) is 2.97. The molecule has 1 rings (SSSR count). The third kappa shape index (κ3) is 3.32. The van der Waals surface area contributed by atoms with Gasteiger partial charge in [0.15, 0.2) is 0 Å². The van der Waals surface area contributed by atoms with Crippen LogP contribution < -0.4 is 0 Å². The highest BCUT2D eigenvalue weighted by atomic mass is 79.9. The first-order chi connectivity index (χ1) is 7.58. The zero-order valence-corrected chi connectivity index (χ0v) is 11.0. The maximum Gasteiger partial charge on any atom is 0.310 e. The number of benzene rings is 1. The van der Waals surface area contributed by atoms with Crippen molar-refractivity contribution in [3.63, 3.8) is 0 Å². The van der Waals surface area contributed by atoms with E-state index in [2.05, 4.69) is 15.9 Å². The van der Waals surface area contributed by atoms with Gasteiger partial charge in [-0.1, -0.05) is 27.5 Å². The first kappa shape index (κ1) is 13.2. The molecule has 0 aromatic heterocycles. The normalized spacial score (nSPS) is 9.94. The van der Waals surface area contributed by atoms with Crippen LogP contribution in [-0.4, -0.2) is 18.9 Å². The number of ether oxygens (including phenoxy) is 1. The number of rotatable bonds is 4. The third-order valence-electron chi connectivity index (χ3n) is 1.93. The molecule has 0 fully saturated rings. The van der Waals surface area contributed by atoms with Crippen molar-refractivity contribution in [3.05, 3.63) is 32.8 Å². The molecule has 0 atom stereocenters. The Morgan fingerprint density at radius 1 is 1.56 bits per heavy atom. The fourth-order valence-corrected chi connectivity index (χ4v) is 2.24. The number of carbonyl (C=O) groups is 2. The molecule has 0 aliphatic carbocycles. The molecule has 0 amide bonds. The summed E-state index contributed by atoms with van der Waals surface area (Å²) in [5.41, 5.74) is 1.09. The Morgan fingerprint density at radius 3 is 2.75 bits per heavy atom. The van der Waals surface area contributed by atoms with Crippen LogP contribution >= 0.6 is 27.5 Å². The molecular weight excluding hydrogens is 295 g/mol. The fourth-order valence-electron chi connectivity index (χ4n) is 1.22. The zero-order valence-electron chi connectivity index (χ0n) is 8.63. The Kier molecular flexibility index (Phi) is 4.96. The van der Waals surface area contributed by atoms with E-state index in [0.29, 0.717) is 33.5 Å². The van der Waals surface area contributed by atoms with Gasteiger partial charge in [0, 0.05) is 15.1 Å². The maximum absolute atomic E-state index is 11.3. The summed E-state index contributed by atoms with van der Waals surface area (Å²) in [6.07, 6.45) is 0.789. The molecule has 1 aromatic rings. The fraction of sp³-hybridized carbons (Fsp3) is 0.273. The Bertz CT molecular complexity index is 395. The van der Waals surface area contributed by atoms with Crippen LogP contribution in [0.2, 0.25) is 5.02 Å². The molecule has 0 aliphatic rings. The number of esters is 1. The lowest BCUT2D eigenvalue weighted by molar-refractivity contribution is -0.142. The molecule has 5 heteroatoms. The molecule has 0 bridgehead atoms. The Morgan fingerprint density at radius 2 is 2.25 bits per heavy atom. The van der Waals surface area contributed by atoms with E-state index < -0.39 is 0 Å². The topological polar surface area (TPSA) is 43.4 Å². The summed E-state index contributed by atoms with van der Waals surface area (Å²) >= 11 is 9.23. The zero-order chi connectivity index (χ0) is 12.1. The second-order valence-corrected chi connectivity index (χ2v) is 4.32. The van der Waals surface area contributed by atoms with Gasteiger partial charge < -0.3 is 4.74 Å². The summed E-state index contributed by atoms with van der Waals surface area (Å²) in [6.45, 7) is 2.07. The standard InChI is InChI=1S/C11H10BrClO3/c1-2-16-11(15)5-8-9(12)3-7(6-14)4-10(8)13/h3-4,6H,2,5H2,1H3. The van der Waals surface area contributed by atoms with Crippen molar-refractivity contribution >= 4 is 39.8 Å². The van der Waals surface area contributed by atoms with Crippen LogP contribution in [0, 0.1) is 0 Å². The van der Waals surface area contributed by atoms with Crippen molar-refractivity contribution < 1.29 is 14.3 Å².